The number of hydrogen-bond donors (Lipinski definition) is 1. The second kappa shape index (κ2) is 11.1. The number of aryl methyl sites for hydroxylation is 1. The van der Waals surface area contributed by atoms with Crippen molar-refractivity contribution in [1.82, 2.24) is 4.90 Å². The van der Waals surface area contributed by atoms with E-state index in [1.165, 1.54) is 0 Å². The summed E-state index contributed by atoms with van der Waals surface area (Å²) in [5.74, 6) is 0.756. The van der Waals surface area contributed by atoms with E-state index >= 15 is 0 Å². The number of carbonyl (C=O) groups is 2. The number of methoxy groups -OCH3 is 1. The number of hydrogen-bond acceptors (Lipinski definition) is 5. The summed E-state index contributed by atoms with van der Waals surface area (Å²) in [5, 5.41) is 3.44. The molecule has 0 atom stereocenters. The Morgan fingerprint density at radius 2 is 1.60 bits per heavy atom. The van der Waals surface area contributed by atoms with Crippen LogP contribution in [0.15, 0.2) is 66.7 Å². The zero-order valence-corrected chi connectivity index (χ0v) is 20.5. The maximum absolute atomic E-state index is 12.9. The number of para-hydroxylation sites is 3. The Balaban J connectivity index is 1.40. The van der Waals surface area contributed by atoms with Crippen molar-refractivity contribution in [2.24, 2.45) is 0 Å². The predicted molar refractivity (Wildman–Crippen MR) is 138 cm³/mol. The number of halogens is 1. The summed E-state index contributed by atoms with van der Waals surface area (Å²) < 4.78 is 10.9. The lowest BCUT2D eigenvalue weighted by atomic mass is 10.1. The van der Waals surface area contributed by atoms with Gasteiger partial charge in [-0.1, -0.05) is 47.5 Å². The van der Waals surface area contributed by atoms with Crippen LogP contribution in [0.2, 0.25) is 5.02 Å². The standard InChI is InChI=1S/C27H28ClN3O4/c1-19-10-12-20(13-11-19)27(33)31-16-14-30(15-17-31)26-21(28)6-5-7-22(26)29-25(32)18-35-24-9-4-3-8-23(24)34-2/h3-13H,14-18H2,1-2H3,(H,29,32). The predicted octanol–water partition coefficient (Wildman–Crippen LogP) is 4.64. The molecule has 8 heteroatoms. The third-order valence-corrected chi connectivity index (χ3v) is 6.18. The average Bonchev–Trinajstić information content (AvgIpc) is 2.88. The third kappa shape index (κ3) is 5.87. The molecule has 0 saturated carbocycles. The lowest BCUT2D eigenvalue weighted by Crippen LogP contribution is -2.49. The van der Waals surface area contributed by atoms with Crippen molar-refractivity contribution in [3.63, 3.8) is 0 Å². The lowest BCUT2D eigenvalue weighted by Gasteiger charge is -2.37. The molecule has 35 heavy (non-hydrogen) atoms. The lowest BCUT2D eigenvalue weighted by molar-refractivity contribution is -0.118. The number of benzene rings is 3. The molecule has 0 aliphatic carbocycles. The van der Waals surface area contributed by atoms with Gasteiger partial charge in [0.1, 0.15) is 0 Å². The van der Waals surface area contributed by atoms with Crippen LogP contribution >= 0.6 is 11.6 Å². The maximum Gasteiger partial charge on any atom is 0.262 e. The van der Waals surface area contributed by atoms with Crippen LogP contribution in [0.3, 0.4) is 0 Å². The van der Waals surface area contributed by atoms with E-state index in [0.29, 0.717) is 54.0 Å². The Bertz CT molecular complexity index is 1190. The number of nitrogens with one attached hydrogen (secondary N) is 1. The zero-order valence-electron chi connectivity index (χ0n) is 19.8. The highest BCUT2D eigenvalue weighted by Gasteiger charge is 2.25. The van der Waals surface area contributed by atoms with Gasteiger partial charge in [-0.05, 0) is 43.3 Å². The first kappa shape index (κ1) is 24.4. The molecule has 0 spiro atoms. The van der Waals surface area contributed by atoms with Crippen molar-refractivity contribution in [2.75, 3.05) is 50.1 Å². The minimum absolute atomic E-state index is 0.0193. The van der Waals surface area contributed by atoms with Gasteiger partial charge in [-0.2, -0.15) is 0 Å². The summed E-state index contributed by atoms with van der Waals surface area (Å²) >= 11 is 6.55. The zero-order chi connectivity index (χ0) is 24.8. The molecule has 1 N–H and O–H groups in total. The summed E-state index contributed by atoms with van der Waals surface area (Å²) in [7, 11) is 1.55. The van der Waals surface area contributed by atoms with Crippen LogP contribution in [0.1, 0.15) is 15.9 Å². The van der Waals surface area contributed by atoms with Crippen molar-refractivity contribution in [3.8, 4) is 11.5 Å². The van der Waals surface area contributed by atoms with E-state index in [2.05, 4.69) is 10.2 Å². The van der Waals surface area contributed by atoms with Gasteiger partial charge in [0.05, 0.1) is 23.5 Å². The van der Waals surface area contributed by atoms with Gasteiger partial charge >= 0.3 is 0 Å². The molecular weight excluding hydrogens is 466 g/mol. The summed E-state index contributed by atoms with van der Waals surface area (Å²) in [6, 6.07) is 20.2. The first-order valence-electron chi connectivity index (χ1n) is 11.4. The maximum atomic E-state index is 12.9. The SMILES string of the molecule is COc1ccccc1OCC(=O)Nc1cccc(Cl)c1N1CCN(C(=O)c2ccc(C)cc2)CC1. The molecular formula is C27H28ClN3O4. The van der Waals surface area contributed by atoms with Gasteiger partial charge in [-0.25, -0.2) is 0 Å². The number of nitrogens with zero attached hydrogens (tertiary/aromatic N) is 2. The highest BCUT2D eigenvalue weighted by molar-refractivity contribution is 6.34. The number of amides is 2. The van der Waals surface area contributed by atoms with E-state index in [1.807, 2.05) is 54.3 Å². The molecule has 2 amide bonds. The van der Waals surface area contributed by atoms with Gasteiger partial charge in [0.25, 0.3) is 11.8 Å². The minimum Gasteiger partial charge on any atom is -0.493 e. The molecule has 0 radical (unpaired) electrons. The van der Waals surface area contributed by atoms with E-state index in [9.17, 15) is 9.59 Å². The molecule has 7 nitrogen and oxygen atoms in total. The summed E-state index contributed by atoms with van der Waals surface area (Å²) in [4.78, 5) is 29.5. The molecule has 1 saturated heterocycles. The Labute approximate surface area is 210 Å². The minimum atomic E-state index is -0.312. The highest BCUT2D eigenvalue weighted by atomic mass is 35.5. The Kier molecular flexibility index (Phi) is 7.77. The van der Waals surface area contributed by atoms with Crippen molar-refractivity contribution < 1.29 is 19.1 Å². The van der Waals surface area contributed by atoms with Crippen molar-refractivity contribution in [2.45, 2.75) is 6.92 Å². The number of piperazine rings is 1. The molecule has 1 fully saturated rings. The molecule has 1 heterocycles. The average molecular weight is 494 g/mol. The van der Waals surface area contributed by atoms with Crippen LogP contribution in [0, 0.1) is 6.92 Å². The molecule has 1 aliphatic rings. The van der Waals surface area contributed by atoms with Gasteiger partial charge in [-0.15, -0.1) is 0 Å². The topological polar surface area (TPSA) is 71.1 Å². The number of ether oxygens (including phenoxy) is 2. The fourth-order valence-electron chi connectivity index (χ4n) is 4.02. The molecule has 0 unspecified atom stereocenters. The number of anilines is 2. The Morgan fingerprint density at radius 1 is 0.914 bits per heavy atom. The van der Waals surface area contributed by atoms with Crippen molar-refractivity contribution in [1.29, 1.82) is 0 Å². The Morgan fingerprint density at radius 3 is 2.29 bits per heavy atom. The van der Waals surface area contributed by atoms with Crippen LogP contribution in [0.4, 0.5) is 11.4 Å². The molecule has 3 aromatic carbocycles. The normalized spacial score (nSPS) is 13.3. The Hall–Kier alpha value is -3.71. The summed E-state index contributed by atoms with van der Waals surface area (Å²) in [6.07, 6.45) is 0. The van der Waals surface area contributed by atoms with E-state index in [1.54, 1.807) is 31.4 Å². The van der Waals surface area contributed by atoms with Crippen LogP contribution < -0.4 is 19.7 Å². The van der Waals surface area contributed by atoms with Crippen LogP contribution in [-0.2, 0) is 4.79 Å². The van der Waals surface area contributed by atoms with Crippen LogP contribution in [0.5, 0.6) is 11.5 Å². The smallest absolute Gasteiger partial charge is 0.262 e. The largest absolute Gasteiger partial charge is 0.493 e. The van der Waals surface area contributed by atoms with Gasteiger partial charge in [0.15, 0.2) is 18.1 Å². The number of rotatable bonds is 7. The fourth-order valence-corrected chi connectivity index (χ4v) is 4.31. The summed E-state index contributed by atoms with van der Waals surface area (Å²) in [5.41, 5.74) is 3.14. The van der Waals surface area contributed by atoms with Crippen molar-refractivity contribution >= 4 is 34.8 Å². The third-order valence-electron chi connectivity index (χ3n) is 5.87. The van der Waals surface area contributed by atoms with Gasteiger partial charge in [-0.3, -0.25) is 9.59 Å². The second-order valence-electron chi connectivity index (χ2n) is 8.27. The first-order chi connectivity index (χ1) is 17.0. The highest BCUT2D eigenvalue weighted by Crippen LogP contribution is 2.35. The molecule has 182 valence electrons. The van der Waals surface area contributed by atoms with E-state index in [0.717, 1.165) is 11.3 Å². The van der Waals surface area contributed by atoms with Crippen LogP contribution in [0.25, 0.3) is 0 Å². The van der Waals surface area contributed by atoms with E-state index < -0.39 is 0 Å². The number of carbonyl (C=O) groups excluding carboxylic acids is 2. The van der Waals surface area contributed by atoms with Gasteiger partial charge in [0, 0.05) is 31.7 Å². The van der Waals surface area contributed by atoms with Gasteiger partial charge < -0.3 is 24.6 Å². The molecule has 0 aromatic heterocycles. The van der Waals surface area contributed by atoms with Crippen molar-refractivity contribution in [3.05, 3.63) is 82.9 Å². The molecule has 4 rings (SSSR count). The molecule has 1 aliphatic heterocycles. The quantitative estimate of drug-likeness (QED) is 0.519. The monoisotopic (exact) mass is 493 g/mol. The fraction of sp³-hybridized carbons (Fsp3) is 0.259. The first-order valence-corrected chi connectivity index (χ1v) is 11.8. The van der Waals surface area contributed by atoms with Gasteiger partial charge in [0.2, 0.25) is 0 Å². The molecule has 3 aromatic rings. The molecule has 0 bridgehead atoms. The second-order valence-corrected chi connectivity index (χ2v) is 8.68. The van der Waals surface area contributed by atoms with Crippen LogP contribution in [-0.4, -0.2) is 56.6 Å². The summed E-state index contributed by atoms with van der Waals surface area (Å²) in [6.45, 7) is 4.14. The van der Waals surface area contributed by atoms with E-state index in [4.69, 9.17) is 21.1 Å². The van der Waals surface area contributed by atoms with E-state index in [-0.39, 0.29) is 18.4 Å².